The van der Waals surface area contributed by atoms with Crippen molar-refractivity contribution >= 4 is 5.91 Å². The van der Waals surface area contributed by atoms with Crippen LogP contribution >= 0.6 is 0 Å². The monoisotopic (exact) mass is 147 g/mol. The summed E-state index contributed by atoms with van der Waals surface area (Å²) in [4.78, 5) is 10.4. The van der Waals surface area contributed by atoms with Crippen LogP contribution in [0.1, 0.15) is 6.42 Å². The van der Waals surface area contributed by atoms with Gasteiger partial charge in [-0.3, -0.25) is 4.79 Å². The molecule has 0 spiro atoms. The predicted octanol–water partition coefficient (Wildman–Crippen LogP) is -2.06. The molecule has 1 heterocycles. The fraction of sp³-hybridized carbons (Fsp3) is 0.800. The van der Waals surface area contributed by atoms with Crippen molar-refractivity contribution in [1.29, 1.82) is 0 Å². The van der Waals surface area contributed by atoms with Crippen LogP contribution in [0, 0.1) is 0 Å². The molecule has 10 heavy (non-hydrogen) atoms. The van der Waals surface area contributed by atoms with E-state index in [2.05, 4.69) is 4.74 Å². The van der Waals surface area contributed by atoms with Crippen molar-refractivity contribution in [1.82, 2.24) is 0 Å². The van der Waals surface area contributed by atoms with Crippen LogP contribution in [-0.4, -0.2) is 34.6 Å². The maximum absolute atomic E-state index is 10.4. The molecule has 0 aromatic heterocycles. The Kier molecular flexibility index (Phi) is 1.63. The van der Waals surface area contributed by atoms with Crippen LogP contribution in [0.25, 0.3) is 0 Å². The Hall–Kier alpha value is -0.650. The van der Waals surface area contributed by atoms with Gasteiger partial charge in [-0.15, -0.1) is 0 Å². The van der Waals surface area contributed by atoms with Crippen LogP contribution in [-0.2, 0) is 9.53 Å². The lowest BCUT2D eigenvalue weighted by Crippen LogP contribution is -2.51. The van der Waals surface area contributed by atoms with Crippen molar-refractivity contribution in [2.24, 2.45) is 5.73 Å². The van der Waals surface area contributed by atoms with Gasteiger partial charge in [0.25, 0.3) is 11.7 Å². The molecule has 2 atom stereocenters. The highest BCUT2D eigenvalue weighted by molar-refractivity contribution is 5.82. The van der Waals surface area contributed by atoms with Crippen LogP contribution in [0.3, 0.4) is 0 Å². The van der Waals surface area contributed by atoms with Crippen molar-refractivity contribution in [2.75, 3.05) is 6.61 Å². The number of nitrogens with two attached hydrogens (primary N) is 1. The number of aliphatic hydroxyl groups excluding tert-OH is 1. The Morgan fingerprint density at radius 1 is 1.80 bits per heavy atom. The second kappa shape index (κ2) is 2.19. The van der Waals surface area contributed by atoms with E-state index in [4.69, 9.17) is 15.9 Å². The fourth-order valence-corrected chi connectivity index (χ4v) is 0.853. The Labute approximate surface area is 57.4 Å². The van der Waals surface area contributed by atoms with Crippen molar-refractivity contribution < 1.29 is 19.7 Å². The molecule has 1 aliphatic heterocycles. The van der Waals surface area contributed by atoms with E-state index in [9.17, 15) is 4.79 Å². The van der Waals surface area contributed by atoms with Gasteiger partial charge < -0.3 is 20.7 Å². The van der Waals surface area contributed by atoms with Crippen molar-refractivity contribution in [3.05, 3.63) is 0 Å². The van der Waals surface area contributed by atoms with Crippen molar-refractivity contribution in [2.45, 2.75) is 18.3 Å². The normalized spacial score (nSPS) is 40.0. The quantitative estimate of drug-likeness (QED) is 0.397. The van der Waals surface area contributed by atoms with E-state index >= 15 is 0 Å². The molecule has 0 bridgehead atoms. The number of carbonyl (C=O) groups is 1. The molecule has 0 aromatic carbocycles. The minimum atomic E-state index is -2.15. The minimum absolute atomic E-state index is 0.153. The molecule has 0 saturated carbocycles. The summed E-state index contributed by atoms with van der Waals surface area (Å²) < 4.78 is 4.55. The standard InChI is InChI=1S/C5H9NO4/c6-4(8)5(9)3(7)1-2-10-5/h3,7,9H,1-2H2,(H2,6,8). The van der Waals surface area contributed by atoms with E-state index in [0.717, 1.165) is 0 Å². The van der Waals surface area contributed by atoms with Gasteiger partial charge in [0.05, 0.1) is 6.61 Å². The highest BCUT2D eigenvalue weighted by atomic mass is 16.7. The molecule has 4 N–H and O–H groups in total. The van der Waals surface area contributed by atoms with Gasteiger partial charge >= 0.3 is 0 Å². The van der Waals surface area contributed by atoms with Crippen LogP contribution in [0.5, 0.6) is 0 Å². The largest absolute Gasteiger partial charge is 0.387 e. The summed E-state index contributed by atoms with van der Waals surface area (Å²) in [6.45, 7) is 0.153. The molecule has 5 heteroatoms. The van der Waals surface area contributed by atoms with E-state index in [0.29, 0.717) is 0 Å². The number of aliphatic hydroxyl groups is 2. The van der Waals surface area contributed by atoms with Crippen LogP contribution in [0.4, 0.5) is 0 Å². The number of amides is 1. The maximum Gasteiger partial charge on any atom is 0.280 e. The van der Waals surface area contributed by atoms with Gasteiger partial charge in [0, 0.05) is 6.42 Å². The second-order valence-corrected chi connectivity index (χ2v) is 2.21. The smallest absolute Gasteiger partial charge is 0.280 e. The summed E-state index contributed by atoms with van der Waals surface area (Å²) in [6.07, 6.45) is -0.954. The highest BCUT2D eigenvalue weighted by Crippen LogP contribution is 2.22. The zero-order chi connectivity index (χ0) is 7.78. The maximum atomic E-state index is 10.4. The lowest BCUT2D eigenvalue weighted by atomic mass is 10.1. The average Bonchev–Trinajstić information content (AvgIpc) is 2.15. The molecule has 1 rings (SSSR count). The Morgan fingerprint density at radius 3 is 2.60 bits per heavy atom. The summed E-state index contributed by atoms with van der Waals surface area (Å²) in [5.41, 5.74) is 4.75. The molecule has 1 saturated heterocycles. The summed E-state index contributed by atoms with van der Waals surface area (Å²) in [5.74, 6) is -3.20. The number of primary amides is 1. The Balaban J connectivity index is 2.75. The summed E-state index contributed by atoms with van der Waals surface area (Å²) in [5, 5.41) is 18.0. The number of ether oxygens (including phenoxy) is 1. The molecule has 5 nitrogen and oxygen atoms in total. The van der Waals surface area contributed by atoms with Gasteiger partial charge in [0.1, 0.15) is 6.10 Å². The summed E-state index contributed by atoms with van der Waals surface area (Å²) in [7, 11) is 0. The first kappa shape index (κ1) is 7.46. The Bertz CT molecular complexity index is 160. The fourth-order valence-electron chi connectivity index (χ4n) is 0.853. The molecule has 1 amide bonds. The predicted molar refractivity (Wildman–Crippen MR) is 30.7 cm³/mol. The Morgan fingerprint density at radius 2 is 2.40 bits per heavy atom. The van der Waals surface area contributed by atoms with Crippen LogP contribution in [0.2, 0.25) is 0 Å². The van der Waals surface area contributed by atoms with Gasteiger partial charge in [0.15, 0.2) is 0 Å². The molecule has 0 radical (unpaired) electrons. The summed E-state index contributed by atoms with van der Waals surface area (Å²) in [6, 6.07) is 0. The van der Waals surface area contributed by atoms with Gasteiger partial charge in [-0.25, -0.2) is 0 Å². The minimum Gasteiger partial charge on any atom is -0.387 e. The van der Waals surface area contributed by atoms with E-state index < -0.39 is 17.8 Å². The lowest BCUT2D eigenvalue weighted by Gasteiger charge is -2.20. The summed E-state index contributed by atoms with van der Waals surface area (Å²) >= 11 is 0. The van der Waals surface area contributed by atoms with Crippen molar-refractivity contribution in [3.8, 4) is 0 Å². The highest BCUT2D eigenvalue weighted by Gasteiger charge is 2.47. The molecule has 1 fully saturated rings. The topological polar surface area (TPSA) is 92.8 Å². The third-order valence-corrected chi connectivity index (χ3v) is 1.52. The number of hydrogen-bond acceptors (Lipinski definition) is 4. The van der Waals surface area contributed by atoms with E-state index in [1.54, 1.807) is 0 Å². The van der Waals surface area contributed by atoms with Gasteiger partial charge in [-0.1, -0.05) is 0 Å². The van der Waals surface area contributed by atoms with Crippen LogP contribution < -0.4 is 5.73 Å². The first-order valence-corrected chi connectivity index (χ1v) is 2.91. The third kappa shape index (κ3) is 0.880. The van der Waals surface area contributed by atoms with E-state index in [-0.39, 0.29) is 13.0 Å². The molecule has 2 unspecified atom stereocenters. The van der Waals surface area contributed by atoms with E-state index in [1.165, 1.54) is 0 Å². The molecular formula is C5H9NO4. The molecular weight excluding hydrogens is 138 g/mol. The first-order valence-electron chi connectivity index (χ1n) is 2.91. The molecule has 0 aromatic rings. The number of rotatable bonds is 1. The average molecular weight is 147 g/mol. The molecule has 58 valence electrons. The van der Waals surface area contributed by atoms with Gasteiger partial charge in [0.2, 0.25) is 0 Å². The second-order valence-electron chi connectivity index (χ2n) is 2.21. The number of hydrogen-bond donors (Lipinski definition) is 3. The lowest BCUT2D eigenvalue weighted by molar-refractivity contribution is -0.210. The third-order valence-electron chi connectivity index (χ3n) is 1.52. The SMILES string of the molecule is NC(=O)C1(O)OCCC1O. The van der Waals surface area contributed by atoms with Gasteiger partial charge in [-0.2, -0.15) is 0 Å². The zero-order valence-electron chi connectivity index (χ0n) is 5.28. The first-order chi connectivity index (χ1) is 4.57. The molecule has 0 aliphatic carbocycles. The van der Waals surface area contributed by atoms with Crippen molar-refractivity contribution in [3.63, 3.8) is 0 Å². The zero-order valence-corrected chi connectivity index (χ0v) is 5.28. The molecule has 1 aliphatic rings. The van der Waals surface area contributed by atoms with Crippen LogP contribution in [0.15, 0.2) is 0 Å². The van der Waals surface area contributed by atoms with E-state index in [1.807, 2.05) is 0 Å². The van der Waals surface area contributed by atoms with Gasteiger partial charge in [-0.05, 0) is 0 Å². The number of carbonyl (C=O) groups excluding carboxylic acids is 1.